The molecule has 1 spiro atoms. The smallest absolute Gasteiger partial charge is 0.217 e. The third-order valence-electron chi connectivity index (χ3n) is 2.88. The largest absolute Gasteiger partial charge is 0.361 e. The first-order chi connectivity index (χ1) is 5.62. The minimum absolute atomic E-state index is 0.0341. The van der Waals surface area contributed by atoms with Gasteiger partial charge in [-0.05, 0) is 6.42 Å². The van der Waals surface area contributed by atoms with E-state index in [0.29, 0.717) is 13.0 Å². The lowest BCUT2D eigenvalue weighted by atomic mass is 9.95. The molecule has 0 aromatic carbocycles. The summed E-state index contributed by atoms with van der Waals surface area (Å²) in [5.41, 5.74) is -0.524. The van der Waals surface area contributed by atoms with Crippen LogP contribution in [0, 0.1) is 0 Å². The quantitative estimate of drug-likeness (QED) is 0.514. The summed E-state index contributed by atoms with van der Waals surface area (Å²) in [5.74, 6) is 0. The van der Waals surface area contributed by atoms with Gasteiger partial charge in [-0.1, -0.05) is 12.2 Å². The molecule has 0 aliphatic carbocycles. The van der Waals surface area contributed by atoms with Gasteiger partial charge in [0, 0.05) is 6.54 Å². The molecular formula is C7H9NO3S. The van der Waals surface area contributed by atoms with Crippen LogP contribution >= 0.6 is 0 Å². The Balaban J connectivity index is 2.16. The van der Waals surface area contributed by atoms with Gasteiger partial charge in [-0.3, -0.25) is 0 Å². The molecule has 0 aromatic rings. The molecule has 3 aliphatic heterocycles. The Morgan fingerprint density at radius 3 is 3.08 bits per heavy atom. The Morgan fingerprint density at radius 1 is 1.58 bits per heavy atom. The molecule has 0 aromatic heterocycles. The van der Waals surface area contributed by atoms with Crippen LogP contribution in [0.1, 0.15) is 6.42 Å². The van der Waals surface area contributed by atoms with Gasteiger partial charge in [0.2, 0.25) is 10.0 Å². The maximum Gasteiger partial charge on any atom is 0.217 e. The van der Waals surface area contributed by atoms with Gasteiger partial charge >= 0.3 is 0 Å². The van der Waals surface area contributed by atoms with Crippen molar-refractivity contribution in [3.8, 4) is 0 Å². The molecule has 12 heavy (non-hydrogen) atoms. The van der Waals surface area contributed by atoms with Crippen molar-refractivity contribution in [3.05, 3.63) is 12.2 Å². The van der Waals surface area contributed by atoms with Crippen molar-refractivity contribution in [2.75, 3.05) is 6.54 Å². The molecule has 0 amide bonds. The van der Waals surface area contributed by atoms with E-state index in [2.05, 4.69) is 4.72 Å². The van der Waals surface area contributed by atoms with Crippen molar-refractivity contribution in [1.82, 2.24) is 4.72 Å². The summed E-state index contributed by atoms with van der Waals surface area (Å²) in [6.45, 7) is 0.410. The molecule has 3 atom stereocenters. The van der Waals surface area contributed by atoms with Crippen molar-refractivity contribution in [2.45, 2.75) is 23.4 Å². The SMILES string of the molecule is O=S1(=O)NC[C@@]23C=C[C@@H](C[C@@H]21)O3. The Kier molecular flexibility index (Phi) is 1.03. The van der Waals surface area contributed by atoms with Crippen LogP contribution in [0.15, 0.2) is 12.2 Å². The first-order valence-corrected chi connectivity index (χ1v) is 5.53. The molecule has 1 N–H and O–H groups in total. The first kappa shape index (κ1) is 7.06. The van der Waals surface area contributed by atoms with E-state index >= 15 is 0 Å². The summed E-state index contributed by atoms with van der Waals surface area (Å²) in [5, 5.41) is -0.347. The van der Waals surface area contributed by atoms with Crippen LogP contribution in [0.3, 0.4) is 0 Å². The van der Waals surface area contributed by atoms with Gasteiger partial charge in [-0.25, -0.2) is 13.1 Å². The van der Waals surface area contributed by atoms with Crippen LogP contribution in [0.4, 0.5) is 0 Å². The zero-order valence-electron chi connectivity index (χ0n) is 6.36. The Hall–Kier alpha value is -0.390. The molecule has 0 unspecified atom stereocenters. The molecule has 3 rings (SSSR count). The van der Waals surface area contributed by atoms with Gasteiger partial charge in [0.25, 0.3) is 0 Å². The summed E-state index contributed by atoms with van der Waals surface area (Å²) in [6, 6.07) is 0. The summed E-state index contributed by atoms with van der Waals surface area (Å²) >= 11 is 0. The zero-order chi connectivity index (χ0) is 8.40. The molecule has 2 bridgehead atoms. The van der Waals surface area contributed by atoms with Crippen LogP contribution in [-0.4, -0.2) is 31.9 Å². The molecule has 5 heteroatoms. The normalized spacial score (nSPS) is 53.0. The van der Waals surface area contributed by atoms with E-state index in [1.807, 2.05) is 12.2 Å². The van der Waals surface area contributed by atoms with E-state index in [1.54, 1.807) is 0 Å². The van der Waals surface area contributed by atoms with Crippen LogP contribution in [0.25, 0.3) is 0 Å². The molecule has 3 aliphatic rings. The van der Waals surface area contributed by atoms with Gasteiger partial charge < -0.3 is 4.74 Å². The maximum atomic E-state index is 11.4. The van der Waals surface area contributed by atoms with E-state index < -0.39 is 15.6 Å². The number of rotatable bonds is 0. The Morgan fingerprint density at radius 2 is 2.42 bits per heavy atom. The highest BCUT2D eigenvalue weighted by Gasteiger charge is 2.60. The second-order valence-electron chi connectivity index (χ2n) is 3.56. The van der Waals surface area contributed by atoms with E-state index in [0.717, 1.165) is 0 Å². The fraction of sp³-hybridized carbons (Fsp3) is 0.714. The van der Waals surface area contributed by atoms with Crippen LogP contribution in [0.2, 0.25) is 0 Å². The molecular weight excluding hydrogens is 178 g/mol. The molecule has 2 saturated heterocycles. The average molecular weight is 187 g/mol. The highest BCUT2D eigenvalue weighted by molar-refractivity contribution is 7.90. The number of nitrogens with one attached hydrogen (secondary N) is 1. The van der Waals surface area contributed by atoms with Crippen LogP contribution in [-0.2, 0) is 14.8 Å². The molecule has 3 heterocycles. The lowest BCUT2D eigenvalue weighted by Crippen LogP contribution is -2.36. The fourth-order valence-electron chi connectivity index (χ4n) is 2.27. The van der Waals surface area contributed by atoms with Gasteiger partial charge in [-0.15, -0.1) is 0 Å². The molecule has 0 saturated carbocycles. The molecule has 66 valence electrons. The highest BCUT2D eigenvalue weighted by Crippen LogP contribution is 2.44. The van der Waals surface area contributed by atoms with E-state index in [9.17, 15) is 8.42 Å². The predicted molar refractivity (Wildman–Crippen MR) is 42.1 cm³/mol. The summed E-state index contributed by atoms with van der Waals surface area (Å²) in [6.07, 6.45) is 4.50. The minimum Gasteiger partial charge on any atom is -0.361 e. The standard InChI is InChI=1S/C7H9NO3S/c9-12(10)6-3-5-1-2-7(6,11-5)4-8-12/h1-2,5-6,8H,3-4H2/t5-,6-,7-/m0/s1. The Bertz CT molecular complexity index is 361. The van der Waals surface area contributed by atoms with E-state index in [-0.39, 0.29) is 11.4 Å². The van der Waals surface area contributed by atoms with Crippen molar-refractivity contribution >= 4 is 10.0 Å². The van der Waals surface area contributed by atoms with Gasteiger partial charge in [0.1, 0.15) is 10.9 Å². The van der Waals surface area contributed by atoms with Crippen molar-refractivity contribution in [1.29, 1.82) is 0 Å². The number of sulfonamides is 1. The third-order valence-corrected chi connectivity index (χ3v) is 4.77. The topological polar surface area (TPSA) is 55.4 Å². The molecule has 2 fully saturated rings. The number of fused-ring (bicyclic) bond motifs is 1. The summed E-state index contributed by atoms with van der Waals surface area (Å²) in [4.78, 5) is 0. The van der Waals surface area contributed by atoms with Gasteiger partial charge in [-0.2, -0.15) is 0 Å². The van der Waals surface area contributed by atoms with Crippen molar-refractivity contribution in [2.24, 2.45) is 0 Å². The maximum absolute atomic E-state index is 11.4. The number of hydrogen-bond donors (Lipinski definition) is 1. The minimum atomic E-state index is -3.09. The highest BCUT2D eigenvalue weighted by atomic mass is 32.2. The second kappa shape index (κ2) is 1.76. The molecule has 0 radical (unpaired) electrons. The van der Waals surface area contributed by atoms with Crippen molar-refractivity contribution < 1.29 is 13.2 Å². The van der Waals surface area contributed by atoms with Crippen LogP contribution in [0.5, 0.6) is 0 Å². The fourth-order valence-corrected chi connectivity index (χ4v) is 4.08. The Labute approximate surface area is 70.6 Å². The average Bonchev–Trinajstić information content (AvgIpc) is 2.62. The molecule has 4 nitrogen and oxygen atoms in total. The zero-order valence-corrected chi connectivity index (χ0v) is 7.17. The summed E-state index contributed by atoms with van der Waals surface area (Å²) < 4.78 is 30.9. The lowest BCUT2D eigenvalue weighted by molar-refractivity contribution is 0.0428. The first-order valence-electron chi connectivity index (χ1n) is 3.98. The number of hydrogen-bond acceptors (Lipinski definition) is 3. The number of ether oxygens (including phenoxy) is 1. The van der Waals surface area contributed by atoms with E-state index in [4.69, 9.17) is 4.74 Å². The van der Waals surface area contributed by atoms with Gasteiger partial charge in [0.15, 0.2) is 0 Å². The van der Waals surface area contributed by atoms with Gasteiger partial charge in [0.05, 0.1) is 6.10 Å². The lowest BCUT2D eigenvalue weighted by Gasteiger charge is -2.18. The monoisotopic (exact) mass is 187 g/mol. The van der Waals surface area contributed by atoms with Crippen molar-refractivity contribution in [3.63, 3.8) is 0 Å². The third kappa shape index (κ3) is 0.631. The van der Waals surface area contributed by atoms with E-state index in [1.165, 1.54) is 0 Å². The predicted octanol–water partition coefficient (Wildman–Crippen LogP) is -0.615. The van der Waals surface area contributed by atoms with Crippen LogP contribution < -0.4 is 4.72 Å². The summed E-state index contributed by atoms with van der Waals surface area (Å²) in [7, 11) is -3.09. The second-order valence-corrected chi connectivity index (χ2v) is 5.51.